The zero-order chi connectivity index (χ0) is 35.8. The maximum Gasteiger partial charge on any atom is 0.405 e. The molecule has 1 aliphatic heterocycles. The van der Waals surface area contributed by atoms with E-state index in [9.17, 15) is 19.5 Å². The number of hydrogen-bond donors (Lipinski definition) is 5. The van der Waals surface area contributed by atoms with E-state index < -0.39 is 35.7 Å². The zero-order valence-corrected chi connectivity index (χ0v) is 28.2. The summed E-state index contributed by atoms with van der Waals surface area (Å²) < 4.78 is 12.1. The lowest BCUT2D eigenvalue weighted by Crippen LogP contribution is -2.58. The van der Waals surface area contributed by atoms with E-state index >= 15 is 0 Å². The van der Waals surface area contributed by atoms with E-state index in [-0.39, 0.29) is 18.8 Å². The SMILES string of the molecule is CC(OC(N)=O)(c1cccc2ccncc12)[C@@H]1CO[C@H](CCc2ccccc2NC(=O)[C@@H](NC(=O)O)C(c2ccccc2)c2ccccc2)CN1. The molecule has 1 unspecified atom stereocenters. The second-order valence-electron chi connectivity index (χ2n) is 12.8. The first-order valence-electron chi connectivity index (χ1n) is 16.9. The molecule has 0 saturated carbocycles. The van der Waals surface area contributed by atoms with Gasteiger partial charge in [-0.2, -0.15) is 0 Å². The summed E-state index contributed by atoms with van der Waals surface area (Å²) in [6.07, 6.45) is 2.32. The van der Waals surface area contributed by atoms with Crippen LogP contribution >= 0.6 is 0 Å². The molecule has 1 saturated heterocycles. The van der Waals surface area contributed by atoms with Crippen molar-refractivity contribution in [1.29, 1.82) is 0 Å². The minimum absolute atomic E-state index is 0.168. The molecule has 0 spiro atoms. The molecule has 0 radical (unpaired) electrons. The maximum atomic E-state index is 14.0. The number of nitrogens with one attached hydrogen (secondary N) is 3. The molecule has 6 rings (SSSR count). The molecule has 0 aliphatic carbocycles. The Labute approximate surface area is 296 Å². The lowest BCUT2D eigenvalue weighted by molar-refractivity contribution is -0.118. The molecule has 5 aromatic rings. The van der Waals surface area contributed by atoms with Crippen molar-refractivity contribution < 1.29 is 29.0 Å². The quantitative estimate of drug-likeness (QED) is 0.108. The summed E-state index contributed by atoms with van der Waals surface area (Å²) in [5.41, 5.74) is 8.29. The third-order valence-electron chi connectivity index (χ3n) is 9.51. The van der Waals surface area contributed by atoms with Gasteiger partial charge in [-0.05, 0) is 54.0 Å². The van der Waals surface area contributed by atoms with Crippen molar-refractivity contribution >= 4 is 34.6 Å². The van der Waals surface area contributed by atoms with E-state index in [1.165, 1.54) is 0 Å². The standard InChI is InChI=1S/C40H41N5O6/c1-40(51-38(41)47,32-17-10-16-26-21-22-42-24-31(26)32)34-25-50-30(23-43-34)20-19-27-11-8-9-18-33(27)44-37(46)36(45-39(48)49)35(28-12-4-2-5-13-28)29-14-6-3-7-15-29/h2-18,21-22,24,30,34-36,43,45H,19-20,23,25H2,1H3,(H2,41,47)(H,44,46)(H,48,49)/t30-,34+,36+,40?/m1/s1. The van der Waals surface area contributed by atoms with E-state index in [2.05, 4.69) is 20.9 Å². The van der Waals surface area contributed by atoms with Crippen LogP contribution in [0.4, 0.5) is 15.3 Å². The number of carbonyl (C=O) groups excluding carboxylic acids is 2. The number of ether oxygens (including phenoxy) is 2. The van der Waals surface area contributed by atoms with Crippen LogP contribution in [0.1, 0.15) is 41.5 Å². The second kappa shape index (κ2) is 15.8. The lowest BCUT2D eigenvalue weighted by atomic mass is 9.84. The summed E-state index contributed by atoms with van der Waals surface area (Å²) in [6.45, 7) is 2.57. The molecular weight excluding hydrogens is 646 g/mol. The van der Waals surface area contributed by atoms with Crippen molar-refractivity contribution in [3.05, 3.63) is 144 Å². The fourth-order valence-corrected chi connectivity index (χ4v) is 6.95. The number of morpholine rings is 1. The summed E-state index contributed by atoms with van der Waals surface area (Å²) in [5, 5.41) is 20.6. The van der Waals surface area contributed by atoms with Crippen LogP contribution in [0.5, 0.6) is 0 Å². The van der Waals surface area contributed by atoms with Gasteiger partial charge in [0.2, 0.25) is 5.91 Å². The molecule has 51 heavy (non-hydrogen) atoms. The molecule has 4 aromatic carbocycles. The Morgan fingerprint density at radius 1 is 0.961 bits per heavy atom. The number of anilines is 1. The molecule has 3 amide bonds. The molecule has 1 fully saturated rings. The fourth-order valence-electron chi connectivity index (χ4n) is 6.95. The van der Waals surface area contributed by atoms with E-state index in [1.807, 2.05) is 116 Å². The number of carboxylic acid groups (broad SMARTS) is 1. The van der Waals surface area contributed by atoms with Crippen molar-refractivity contribution in [3.63, 3.8) is 0 Å². The minimum atomic E-state index is -1.30. The van der Waals surface area contributed by atoms with Crippen molar-refractivity contribution in [1.82, 2.24) is 15.6 Å². The van der Waals surface area contributed by atoms with Gasteiger partial charge in [0.1, 0.15) is 6.04 Å². The average Bonchev–Trinajstić information content (AvgIpc) is 3.14. The van der Waals surface area contributed by atoms with Gasteiger partial charge in [0.25, 0.3) is 0 Å². The van der Waals surface area contributed by atoms with Crippen LogP contribution < -0.4 is 21.7 Å². The van der Waals surface area contributed by atoms with Crippen molar-refractivity contribution in [3.8, 4) is 0 Å². The smallest absolute Gasteiger partial charge is 0.405 e. The third-order valence-corrected chi connectivity index (χ3v) is 9.51. The van der Waals surface area contributed by atoms with E-state index in [0.29, 0.717) is 25.1 Å². The van der Waals surface area contributed by atoms with Crippen LogP contribution in [-0.4, -0.2) is 59.5 Å². The van der Waals surface area contributed by atoms with Gasteiger partial charge in [0, 0.05) is 41.5 Å². The highest BCUT2D eigenvalue weighted by atomic mass is 16.6. The number of nitrogens with two attached hydrogens (primary N) is 1. The first kappa shape index (κ1) is 35.1. The number of aryl methyl sites for hydroxylation is 1. The Bertz CT molecular complexity index is 1920. The number of amides is 3. The van der Waals surface area contributed by atoms with Crippen LogP contribution in [-0.2, 0) is 26.3 Å². The van der Waals surface area contributed by atoms with Gasteiger partial charge in [-0.3, -0.25) is 9.78 Å². The van der Waals surface area contributed by atoms with Gasteiger partial charge >= 0.3 is 12.2 Å². The minimum Gasteiger partial charge on any atom is -0.465 e. The van der Waals surface area contributed by atoms with Crippen molar-refractivity contribution in [2.24, 2.45) is 5.73 Å². The Balaban J connectivity index is 1.15. The summed E-state index contributed by atoms with van der Waals surface area (Å²) >= 11 is 0. The van der Waals surface area contributed by atoms with Crippen LogP contribution in [0.15, 0.2) is 122 Å². The number of primary amides is 1. The van der Waals surface area contributed by atoms with Crippen LogP contribution in [0.2, 0.25) is 0 Å². The average molecular weight is 688 g/mol. The predicted molar refractivity (Wildman–Crippen MR) is 194 cm³/mol. The normalized spacial score (nSPS) is 17.6. The first-order chi connectivity index (χ1) is 24.7. The Hall–Kier alpha value is -5.78. The monoisotopic (exact) mass is 687 g/mol. The summed E-state index contributed by atoms with van der Waals surface area (Å²) in [7, 11) is 0. The topological polar surface area (TPSA) is 165 Å². The van der Waals surface area contributed by atoms with Gasteiger partial charge in [0.15, 0.2) is 5.60 Å². The molecule has 2 heterocycles. The molecule has 0 bridgehead atoms. The molecule has 6 N–H and O–H groups in total. The van der Waals surface area contributed by atoms with E-state index in [4.69, 9.17) is 15.2 Å². The van der Waals surface area contributed by atoms with E-state index in [1.54, 1.807) is 12.4 Å². The number of benzene rings is 4. The molecule has 262 valence electrons. The van der Waals surface area contributed by atoms with Gasteiger partial charge in [0.05, 0.1) is 18.8 Å². The number of hydrogen-bond acceptors (Lipinski definition) is 7. The molecule has 1 aromatic heterocycles. The second-order valence-corrected chi connectivity index (χ2v) is 12.8. The van der Waals surface area contributed by atoms with Crippen molar-refractivity contribution in [2.75, 3.05) is 18.5 Å². The summed E-state index contributed by atoms with van der Waals surface area (Å²) in [5.74, 6) is -1.04. The number of pyridine rings is 1. The zero-order valence-electron chi connectivity index (χ0n) is 28.2. The molecule has 11 heteroatoms. The first-order valence-corrected chi connectivity index (χ1v) is 16.9. The van der Waals surface area contributed by atoms with Gasteiger partial charge in [-0.15, -0.1) is 0 Å². The largest absolute Gasteiger partial charge is 0.465 e. The maximum absolute atomic E-state index is 14.0. The number of nitrogens with zero attached hydrogens (tertiary/aromatic N) is 1. The third kappa shape index (κ3) is 8.17. The number of para-hydroxylation sites is 1. The highest BCUT2D eigenvalue weighted by Crippen LogP contribution is 2.36. The highest BCUT2D eigenvalue weighted by molar-refractivity contribution is 5.98. The van der Waals surface area contributed by atoms with E-state index in [0.717, 1.165) is 33.0 Å². The van der Waals surface area contributed by atoms with Gasteiger partial charge in [-0.1, -0.05) is 97.1 Å². The summed E-state index contributed by atoms with van der Waals surface area (Å²) in [4.78, 5) is 42.4. The number of fused-ring (bicyclic) bond motifs is 1. The fraction of sp³-hybridized carbons (Fsp3) is 0.250. The number of aromatic nitrogens is 1. The van der Waals surface area contributed by atoms with Crippen molar-refractivity contribution in [2.45, 2.75) is 49.5 Å². The van der Waals surface area contributed by atoms with Crippen LogP contribution in [0, 0.1) is 0 Å². The lowest BCUT2D eigenvalue weighted by Gasteiger charge is -2.42. The van der Waals surface area contributed by atoms with Gasteiger partial charge < -0.3 is 36.3 Å². The number of carbonyl (C=O) groups is 3. The predicted octanol–water partition coefficient (Wildman–Crippen LogP) is 5.94. The molecule has 4 atom stereocenters. The number of rotatable bonds is 12. The molecule has 11 nitrogen and oxygen atoms in total. The highest BCUT2D eigenvalue weighted by Gasteiger charge is 2.43. The molecule has 1 aliphatic rings. The van der Waals surface area contributed by atoms with Crippen LogP contribution in [0.25, 0.3) is 10.8 Å². The Morgan fingerprint density at radius 2 is 1.65 bits per heavy atom. The molecular formula is C40H41N5O6. The summed E-state index contributed by atoms with van der Waals surface area (Å²) in [6, 6.07) is 32.5. The van der Waals surface area contributed by atoms with Gasteiger partial charge in [-0.25, -0.2) is 9.59 Å². The Morgan fingerprint density at radius 3 is 2.29 bits per heavy atom. The Kier molecular flexibility index (Phi) is 10.9. The van der Waals surface area contributed by atoms with Crippen LogP contribution in [0.3, 0.4) is 0 Å².